The second kappa shape index (κ2) is 4.27. The molecule has 0 aromatic carbocycles. The van der Waals surface area contributed by atoms with E-state index in [4.69, 9.17) is 5.11 Å². The van der Waals surface area contributed by atoms with Crippen molar-refractivity contribution in [3.05, 3.63) is 0 Å². The van der Waals surface area contributed by atoms with Gasteiger partial charge in [0.15, 0.2) is 5.78 Å². The summed E-state index contributed by atoms with van der Waals surface area (Å²) >= 11 is 3.74. The minimum absolute atomic E-state index is 0.267. The van der Waals surface area contributed by atoms with Crippen LogP contribution in [0.2, 0.25) is 0 Å². The van der Waals surface area contributed by atoms with Gasteiger partial charge in [-0.05, 0) is 6.92 Å². The first-order valence-electron chi connectivity index (χ1n) is 3.51. The Labute approximate surface area is 80.9 Å². The highest BCUT2D eigenvalue weighted by Crippen LogP contribution is 2.09. The molecule has 0 rings (SSSR count). The number of carbonyl (C=O) groups is 3. The van der Waals surface area contributed by atoms with Crippen LogP contribution in [0.15, 0.2) is 0 Å². The van der Waals surface area contributed by atoms with E-state index in [-0.39, 0.29) is 5.75 Å². The van der Waals surface area contributed by atoms with Crippen molar-refractivity contribution in [2.24, 2.45) is 0 Å². The van der Waals surface area contributed by atoms with Crippen LogP contribution < -0.4 is 5.32 Å². The molecule has 0 saturated heterocycles. The smallest absolute Gasteiger partial charge is 0.338 e. The topological polar surface area (TPSA) is 83.5 Å². The first-order valence-corrected chi connectivity index (χ1v) is 4.14. The van der Waals surface area contributed by atoms with Crippen molar-refractivity contribution in [2.45, 2.75) is 19.4 Å². The van der Waals surface area contributed by atoms with Gasteiger partial charge in [0.05, 0.1) is 0 Å². The molecule has 13 heavy (non-hydrogen) atoms. The second-order valence-electron chi connectivity index (χ2n) is 2.61. The molecule has 0 aliphatic rings. The predicted molar refractivity (Wildman–Crippen MR) is 48.7 cm³/mol. The van der Waals surface area contributed by atoms with Crippen LogP contribution in [0.1, 0.15) is 13.8 Å². The fraction of sp³-hybridized carbons (Fsp3) is 0.571. The standard InChI is InChI=1S/C7H11NO4S/c1-4(9)7(3-13,6(11)12)8-5(2)10/h13H,3H2,1-2H3,(H,8,10)(H,11,12). The van der Waals surface area contributed by atoms with Crippen LogP contribution in [-0.2, 0) is 14.4 Å². The summed E-state index contributed by atoms with van der Waals surface area (Å²) in [6.45, 7) is 2.24. The minimum atomic E-state index is -1.89. The summed E-state index contributed by atoms with van der Waals surface area (Å²) in [4.78, 5) is 32.4. The quantitative estimate of drug-likeness (QED) is 0.425. The molecule has 0 bridgehead atoms. The van der Waals surface area contributed by atoms with Gasteiger partial charge in [0.25, 0.3) is 0 Å². The van der Waals surface area contributed by atoms with E-state index < -0.39 is 23.2 Å². The highest BCUT2D eigenvalue weighted by molar-refractivity contribution is 7.80. The Kier molecular flexibility index (Phi) is 3.93. The number of carboxylic acids is 1. The number of rotatable bonds is 4. The zero-order valence-electron chi connectivity index (χ0n) is 7.33. The van der Waals surface area contributed by atoms with Crippen LogP contribution in [0.5, 0.6) is 0 Å². The Morgan fingerprint density at radius 2 is 1.85 bits per heavy atom. The lowest BCUT2D eigenvalue weighted by molar-refractivity contribution is -0.150. The van der Waals surface area contributed by atoms with Crippen molar-refractivity contribution in [1.82, 2.24) is 5.32 Å². The summed E-state index contributed by atoms with van der Waals surface area (Å²) in [5, 5.41) is 10.8. The average molecular weight is 205 g/mol. The maximum atomic E-state index is 11.0. The van der Waals surface area contributed by atoms with E-state index >= 15 is 0 Å². The molecule has 5 nitrogen and oxygen atoms in total. The molecule has 0 saturated carbocycles. The molecule has 2 N–H and O–H groups in total. The summed E-state index contributed by atoms with van der Waals surface area (Å²) in [5.41, 5.74) is -1.89. The molecular weight excluding hydrogens is 194 g/mol. The van der Waals surface area contributed by atoms with Crippen LogP contribution >= 0.6 is 12.6 Å². The van der Waals surface area contributed by atoms with Crippen LogP contribution in [0, 0.1) is 0 Å². The van der Waals surface area contributed by atoms with Gasteiger partial charge < -0.3 is 10.4 Å². The lowest BCUT2D eigenvalue weighted by Crippen LogP contribution is -2.60. The average Bonchev–Trinajstić information content (AvgIpc) is 1.98. The number of carboxylic acid groups (broad SMARTS) is 1. The van der Waals surface area contributed by atoms with Crippen LogP contribution in [0.3, 0.4) is 0 Å². The van der Waals surface area contributed by atoms with Crippen molar-refractivity contribution in [1.29, 1.82) is 0 Å². The van der Waals surface area contributed by atoms with Gasteiger partial charge in [-0.2, -0.15) is 12.6 Å². The van der Waals surface area contributed by atoms with Crippen molar-refractivity contribution in [2.75, 3.05) is 5.75 Å². The van der Waals surface area contributed by atoms with Gasteiger partial charge in [0.1, 0.15) is 0 Å². The van der Waals surface area contributed by atoms with Crippen molar-refractivity contribution in [3.8, 4) is 0 Å². The number of hydrogen-bond donors (Lipinski definition) is 3. The zero-order chi connectivity index (χ0) is 10.6. The number of ketones is 1. The largest absolute Gasteiger partial charge is 0.479 e. The number of thiol groups is 1. The highest BCUT2D eigenvalue weighted by Gasteiger charge is 2.43. The molecule has 1 unspecified atom stereocenters. The molecule has 0 aliphatic heterocycles. The van der Waals surface area contributed by atoms with Gasteiger partial charge in [-0.15, -0.1) is 0 Å². The van der Waals surface area contributed by atoms with Crippen LogP contribution in [0.4, 0.5) is 0 Å². The Morgan fingerprint density at radius 3 is 1.92 bits per heavy atom. The highest BCUT2D eigenvalue weighted by atomic mass is 32.1. The van der Waals surface area contributed by atoms with Gasteiger partial charge >= 0.3 is 5.97 Å². The van der Waals surface area contributed by atoms with Gasteiger partial charge in [-0.1, -0.05) is 0 Å². The third-order valence-electron chi connectivity index (χ3n) is 1.59. The first-order chi connectivity index (χ1) is 5.86. The number of hydrogen-bond acceptors (Lipinski definition) is 4. The minimum Gasteiger partial charge on any atom is -0.479 e. The maximum absolute atomic E-state index is 11.0. The molecule has 6 heteroatoms. The molecule has 0 aliphatic carbocycles. The predicted octanol–water partition coefficient (Wildman–Crippen LogP) is -0.535. The summed E-state index contributed by atoms with van der Waals surface area (Å²) in [5.74, 6) is -2.89. The summed E-state index contributed by atoms with van der Waals surface area (Å²) in [6, 6.07) is 0. The first kappa shape index (κ1) is 12.0. The van der Waals surface area contributed by atoms with Crippen molar-refractivity contribution >= 4 is 30.3 Å². The third kappa shape index (κ3) is 2.45. The molecule has 0 spiro atoms. The van der Waals surface area contributed by atoms with Gasteiger partial charge in [-0.3, -0.25) is 9.59 Å². The number of carbonyl (C=O) groups excluding carboxylic acids is 2. The summed E-state index contributed by atoms with van der Waals surface area (Å²) < 4.78 is 0. The molecule has 0 radical (unpaired) electrons. The molecule has 0 aromatic rings. The van der Waals surface area contributed by atoms with Crippen LogP contribution in [0.25, 0.3) is 0 Å². The Balaban J connectivity index is 4.98. The van der Waals surface area contributed by atoms with Gasteiger partial charge in [0.2, 0.25) is 11.4 Å². The molecule has 0 fully saturated rings. The van der Waals surface area contributed by atoms with E-state index in [2.05, 4.69) is 17.9 Å². The van der Waals surface area contributed by atoms with E-state index in [1.165, 1.54) is 0 Å². The second-order valence-corrected chi connectivity index (χ2v) is 2.92. The normalized spacial score (nSPS) is 14.4. The van der Waals surface area contributed by atoms with E-state index in [0.717, 1.165) is 13.8 Å². The number of Topliss-reactive ketones (excluding diaryl/α,β-unsaturated/α-hetero) is 1. The van der Waals surface area contributed by atoms with E-state index in [0.29, 0.717) is 0 Å². The number of nitrogens with one attached hydrogen (secondary N) is 1. The molecule has 74 valence electrons. The Hall–Kier alpha value is -1.04. The van der Waals surface area contributed by atoms with E-state index in [9.17, 15) is 14.4 Å². The molecule has 1 atom stereocenters. The SMILES string of the molecule is CC(=O)NC(CS)(C(C)=O)C(=O)O. The molecular formula is C7H11NO4S. The third-order valence-corrected chi connectivity index (χ3v) is 2.07. The number of amides is 1. The molecule has 0 aromatic heterocycles. The van der Waals surface area contributed by atoms with Gasteiger partial charge in [0, 0.05) is 12.7 Å². The Bertz CT molecular complexity index is 237. The molecule has 1 amide bonds. The van der Waals surface area contributed by atoms with E-state index in [1.807, 2.05) is 0 Å². The summed E-state index contributed by atoms with van der Waals surface area (Å²) in [7, 11) is 0. The maximum Gasteiger partial charge on any atom is 0.338 e. The summed E-state index contributed by atoms with van der Waals surface area (Å²) in [6.07, 6.45) is 0. The monoisotopic (exact) mass is 205 g/mol. The number of aliphatic carboxylic acids is 1. The fourth-order valence-corrected chi connectivity index (χ4v) is 1.25. The van der Waals surface area contributed by atoms with Crippen molar-refractivity contribution < 1.29 is 19.5 Å². The van der Waals surface area contributed by atoms with E-state index in [1.54, 1.807) is 0 Å². The molecule has 0 heterocycles. The van der Waals surface area contributed by atoms with Crippen molar-refractivity contribution in [3.63, 3.8) is 0 Å². The fourth-order valence-electron chi connectivity index (χ4n) is 0.811. The Morgan fingerprint density at radius 1 is 1.38 bits per heavy atom. The zero-order valence-corrected chi connectivity index (χ0v) is 8.22. The van der Waals surface area contributed by atoms with Crippen LogP contribution in [-0.4, -0.2) is 34.1 Å². The lowest BCUT2D eigenvalue weighted by atomic mass is 9.97. The van der Waals surface area contributed by atoms with Gasteiger partial charge in [-0.25, -0.2) is 4.79 Å². The lowest BCUT2D eigenvalue weighted by Gasteiger charge is -2.24.